The summed E-state index contributed by atoms with van der Waals surface area (Å²) < 4.78 is 0. The monoisotopic (exact) mass is 252 g/mol. The molecule has 1 aliphatic rings. The molecule has 0 aliphatic carbocycles. The van der Waals surface area contributed by atoms with Crippen molar-refractivity contribution in [3.63, 3.8) is 0 Å². The molecule has 0 spiro atoms. The van der Waals surface area contributed by atoms with Gasteiger partial charge in [0.05, 0.1) is 0 Å². The highest BCUT2D eigenvalue weighted by Crippen LogP contribution is 2.44. The predicted molar refractivity (Wildman–Crippen MR) is 81.2 cm³/mol. The standard InChI is InChI=1S/C17H17P/c1-17(2)12-13-18(14-8-4-3-5-9-14)16-11-7-6-10-15(16)17/h3-13H,1-2H3. The van der Waals surface area contributed by atoms with Crippen molar-refractivity contribution in [3.8, 4) is 0 Å². The number of hydrogen-bond acceptors (Lipinski definition) is 0. The molecule has 1 aliphatic heterocycles. The Bertz CT molecular complexity index is 582. The second kappa shape index (κ2) is 4.37. The van der Waals surface area contributed by atoms with Crippen molar-refractivity contribution < 1.29 is 0 Å². The van der Waals surface area contributed by atoms with Crippen LogP contribution in [0.15, 0.2) is 66.5 Å². The Morgan fingerprint density at radius 1 is 0.833 bits per heavy atom. The Balaban J connectivity index is 2.15. The Kier molecular flexibility index (Phi) is 2.84. The molecule has 0 radical (unpaired) electrons. The normalized spacial score (nSPS) is 20.4. The average molecular weight is 252 g/mol. The van der Waals surface area contributed by atoms with E-state index in [1.54, 1.807) is 0 Å². The van der Waals surface area contributed by atoms with Crippen LogP contribution in [0.4, 0.5) is 0 Å². The minimum atomic E-state index is -0.322. The van der Waals surface area contributed by atoms with Crippen LogP contribution in [-0.2, 0) is 5.41 Å². The van der Waals surface area contributed by atoms with Crippen LogP contribution >= 0.6 is 7.92 Å². The molecule has 3 rings (SSSR count). The lowest BCUT2D eigenvalue weighted by Gasteiger charge is -2.32. The Morgan fingerprint density at radius 2 is 1.50 bits per heavy atom. The minimum absolute atomic E-state index is 0.157. The van der Waals surface area contributed by atoms with E-state index in [-0.39, 0.29) is 13.3 Å². The van der Waals surface area contributed by atoms with Gasteiger partial charge in [-0.25, -0.2) is 0 Å². The molecule has 18 heavy (non-hydrogen) atoms. The molecule has 0 amide bonds. The van der Waals surface area contributed by atoms with Crippen molar-refractivity contribution in [2.45, 2.75) is 19.3 Å². The van der Waals surface area contributed by atoms with Gasteiger partial charge in [-0.05, 0) is 24.1 Å². The zero-order valence-electron chi connectivity index (χ0n) is 10.8. The smallest absolute Gasteiger partial charge is 0.00855 e. The Morgan fingerprint density at radius 3 is 2.28 bits per heavy atom. The number of hydrogen-bond donors (Lipinski definition) is 0. The van der Waals surface area contributed by atoms with Crippen LogP contribution in [0, 0.1) is 0 Å². The highest BCUT2D eigenvalue weighted by atomic mass is 31.1. The highest BCUT2D eigenvalue weighted by Gasteiger charge is 2.28. The molecule has 0 fully saturated rings. The molecule has 0 saturated carbocycles. The summed E-state index contributed by atoms with van der Waals surface area (Å²) in [4.78, 5) is 0. The van der Waals surface area contributed by atoms with E-state index in [1.807, 2.05) is 0 Å². The van der Waals surface area contributed by atoms with Gasteiger partial charge in [-0.3, -0.25) is 0 Å². The van der Waals surface area contributed by atoms with Gasteiger partial charge in [-0.2, -0.15) is 0 Å². The molecule has 1 heterocycles. The zero-order chi connectivity index (χ0) is 12.6. The van der Waals surface area contributed by atoms with Crippen molar-refractivity contribution in [2.24, 2.45) is 0 Å². The lowest BCUT2D eigenvalue weighted by Crippen LogP contribution is -2.28. The highest BCUT2D eigenvalue weighted by molar-refractivity contribution is 7.76. The molecular formula is C17H17P. The molecule has 0 nitrogen and oxygen atoms in total. The van der Waals surface area contributed by atoms with Crippen LogP contribution in [0.2, 0.25) is 0 Å². The first-order chi connectivity index (χ1) is 8.68. The molecule has 1 atom stereocenters. The molecule has 1 heteroatoms. The molecule has 0 bridgehead atoms. The molecule has 0 saturated heterocycles. The van der Waals surface area contributed by atoms with Gasteiger partial charge < -0.3 is 0 Å². The van der Waals surface area contributed by atoms with Gasteiger partial charge in [0.25, 0.3) is 0 Å². The summed E-state index contributed by atoms with van der Waals surface area (Å²) in [6, 6.07) is 19.7. The summed E-state index contributed by atoms with van der Waals surface area (Å²) in [6.07, 6.45) is 2.37. The SMILES string of the molecule is CC1(C)C=CP(c2ccccc2)c2ccccc21. The van der Waals surface area contributed by atoms with E-state index < -0.39 is 0 Å². The third-order valence-electron chi connectivity index (χ3n) is 3.53. The molecule has 1 unspecified atom stereocenters. The van der Waals surface area contributed by atoms with Crippen LogP contribution < -0.4 is 10.6 Å². The second-order valence-electron chi connectivity index (χ2n) is 5.26. The molecule has 0 N–H and O–H groups in total. The first kappa shape index (κ1) is 11.7. The van der Waals surface area contributed by atoms with Gasteiger partial charge >= 0.3 is 0 Å². The van der Waals surface area contributed by atoms with E-state index in [4.69, 9.17) is 0 Å². The molecule has 0 aromatic heterocycles. The summed E-state index contributed by atoms with van der Waals surface area (Å²) in [5.74, 6) is 2.41. The van der Waals surface area contributed by atoms with E-state index in [0.29, 0.717) is 0 Å². The average Bonchev–Trinajstić information content (AvgIpc) is 2.40. The fourth-order valence-electron chi connectivity index (χ4n) is 2.47. The molecule has 90 valence electrons. The fourth-order valence-corrected chi connectivity index (χ4v) is 4.97. The van der Waals surface area contributed by atoms with Crippen molar-refractivity contribution >= 4 is 18.5 Å². The largest absolute Gasteiger partial charge is 0.0734 e. The maximum atomic E-state index is 2.41. The van der Waals surface area contributed by atoms with Gasteiger partial charge in [-0.15, -0.1) is 0 Å². The van der Waals surface area contributed by atoms with Crippen molar-refractivity contribution in [1.29, 1.82) is 0 Å². The van der Waals surface area contributed by atoms with Gasteiger partial charge in [0.2, 0.25) is 0 Å². The van der Waals surface area contributed by atoms with Crippen LogP contribution in [0.5, 0.6) is 0 Å². The Hall–Kier alpha value is -1.39. The van der Waals surface area contributed by atoms with E-state index >= 15 is 0 Å². The minimum Gasteiger partial charge on any atom is -0.0734 e. The quantitative estimate of drug-likeness (QED) is 0.675. The summed E-state index contributed by atoms with van der Waals surface area (Å²) in [7, 11) is -0.322. The summed E-state index contributed by atoms with van der Waals surface area (Å²) in [6.45, 7) is 4.58. The van der Waals surface area contributed by atoms with Crippen molar-refractivity contribution in [3.05, 3.63) is 72.1 Å². The van der Waals surface area contributed by atoms with Crippen molar-refractivity contribution in [1.82, 2.24) is 0 Å². The van der Waals surface area contributed by atoms with Crippen LogP contribution in [0.3, 0.4) is 0 Å². The number of rotatable bonds is 1. The van der Waals surface area contributed by atoms with Crippen molar-refractivity contribution in [2.75, 3.05) is 0 Å². The van der Waals surface area contributed by atoms with Crippen LogP contribution in [0.1, 0.15) is 19.4 Å². The molecule has 2 aromatic rings. The van der Waals surface area contributed by atoms with Gasteiger partial charge in [0.15, 0.2) is 0 Å². The third kappa shape index (κ3) is 1.91. The number of benzene rings is 2. The maximum Gasteiger partial charge on any atom is 0.00855 e. The van der Waals surface area contributed by atoms with E-state index in [9.17, 15) is 0 Å². The topological polar surface area (TPSA) is 0 Å². The first-order valence-electron chi connectivity index (χ1n) is 6.32. The lowest BCUT2D eigenvalue weighted by molar-refractivity contribution is 0.674. The van der Waals surface area contributed by atoms with Gasteiger partial charge in [-0.1, -0.05) is 80.3 Å². The van der Waals surface area contributed by atoms with E-state index in [1.165, 1.54) is 16.2 Å². The molecular weight excluding hydrogens is 235 g/mol. The second-order valence-corrected chi connectivity index (χ2v) is 7.30. The van der Waals surface area contributed by atoms with Crippen LogP contribution in [0.25, 0.3) is 0 Å². The Labute approximate surface area is 110 Å². The summed E-state index contributed by atoms with van der Waals surface area (Å²) in [5, 5.41) is 2.94. The lowest BCUT2D eigenvalue weighted by atomic mass is 9.85. The van der Waals surface area contributed by atoms with E-state index in [0.717, 1.165) is 0 Å². The molecule has 2 aromatic carbocycles. The summed E-state index contributed by atoms with van der Waals surface area (Å²) >= 11 is 0. The summed E-state index contributed by atoms with van der Waals surface area (Å²) in [5.41, 5.74) is 1.63. The third-order valence-corrected chi connectivity index (χ3v) is 5.74. The number of allylic oxidation sites excluding steroid dienone is 1. The van der Waals surface area contributed by atoms with Gasteiger partial charge in [0, 0.05) is 5.41 Å². The maximum absolute atomic E-state index is 2.41. The van der Waals surface area contributed by atoms with Crippen LogP contribution in [-0.4, -0.2) is 0 Å². The first-order valence-corrected chi connectivity index (χ1v) is 7.73. The number of fused-ring (bicyclic) bond motifs is 1. The zero-order valence-corrected chi connectivity index (χ0v) is 11.7. The fraction of sp³-hybridized carbons (Fsp3) is 0.176. The van der Waals surface area contributed by atoms with E-state index in [2.05, 4.69) is 80.3 Å². The van der Waals surface area contributed by atoms with Gasteiger partial charge in [0.1, 0.15) is 0 Å². The predicted octanol–water partition coefficient (Wildman–Crippen LogP) is 3.92.